The van der Waals surface area contributed by atoms with Crippen molar-refractivity contribution in [2.75, 3.05) is 12.8 Å². The first kappa shape index (κ1) is 12.0. The van der Waals surface area contributed by atoms with Crippen LogP contribution in [-0.2, 0) is 0 Å². The first-order valence-electron chi connectivity index (χ1n) is 5.76. The van der Waals surface area contributed by atoms with Gasteiger partial charge in [0.15, 0.2) is 0 Å². The van der Waals surface area contributed by atoms with E-state index < -0.39 is 0 Å². The van der Waals surface area contributed by atoms with Crippen molar-refractivity contribution in [2.45, 2.75) is 0 Å². The Balaban J connectivity index is 2.17. The summed E-state index contributed by atoms with van der Waals surface area (Å²) in [5, 5.41) is 0. The van der Waals surface area contributed by atoms with Gasteiger partial charge < -0.3 is 15.5 Å². The maximum Gasteiger partial charge on any atom is 0.140 e. The quantitative estimate of drug-likeness (QED) is 0.710. The Hall–Kier alpha value is -2.01. The molecule has 0 atom stereocenters. The number of hydrogen-bond donors (Lipinski definition) is 2. The Bertz CT molecular complexity index is 752. The monoisotopic (exact) mass is 317 g/mol. The summed E-state index contributed by atoms with van der Waals surface area (Å²) in [5.74, 6) is 1.55. The summed E-state index contributed by atoms with van der Waals surface area (Å²) >= 11 is 3.44. The van der Waals surface area contributed by atoms with E-state index in [1.165, 1.54) is 0 Å². The van der Waals surface area contributed by atoms with Crippen LogP contribution in [0.25, 0.3) is 22.4 Å². The van der Waals surface area contributed by atoms with Crippen LogP contribution in [-0.4, -0.2) is 17.1 Å². The summed E-state index contributed by atoms with van der Waals surface area (Å²) in [4.78, 5) is 7.81. The molecule has 0 aliphatic carbocycles. The van der Waals surface area contributed by atoms with Crippen LogP contribution in [0.4, 0.5) is 5.69 Å². The molecule has 1 aromatic heterocycles. The zero-order chi connectivity index (χ0) is 13.4. The molecule has 3 rings (SSSR count). The number of methoxy groups -OCH3 is 1. The lowest BCUT2D eigenvalue weighted by Crippen LogP contribution is -1.91. The third-order valence-corrected chi connectivity index (χ3v) is 3.45. The van der Waals surface area contributed by atoms with Crippen molar-refractivity contribution in [2.24, 2.45) is 0 Å². The lowest BCUT2D eigenvalue weighted by Gasteiger charge is -2.02. The fourth-order valence-corrected chi connectivity index (χ4v) is 2.34. The van der Waals surface area contributed by atoms with E-state index in [-0.39, 0.29) is 0 Å². The predicted octanol–water partition coefficient (Wildman–Crippen LogP) is 3.58. The molecule has 0 aliphatic heterocycles. The van der Waals surface area contributed by atoms with E-state index in [9.17, 15) is 0 Å². The van der Waals surface area contributed by atoms with E-state index in [1.54, 1.807) is 7.11 Å². The number of H-pyrrole nitrogens is 1. The van der Waals surface area contributed by atoms with Gasteiger partial charge in [-0.05, 0) is 30.3 Å². The van der Waals surface area contributed by atoms with Crippen molar-refractivity contribution in [1.29, 1.82) is 0 Å². The first-order valence-corrected chi connectivity index (χ1v) is 6.56. The largest absolute Gasteiger partial charge is 0.497 e. The second-order valence-corrected chi connectivity index (χ2v) is 5.12. The number of nitrogens with one attached hydrogen (secondary N) is 1. The number of anilines is 1. The van der Waals surface area contributed by atoms with Gasteiger partial charge in [-0.25, -0.2) is 4.98 Å². The number of fused-ring (bicyclic) bond motifs is 1. The second-order valence-electron chi connectivity index (χ2n) is 4.20. The maximum atomic E-state index is 5.99. The number of nitrogens with two attached hydrogens (primary N) is 1. The van der Waals surface area contributed by atoms with Crippen molar-refractivity contribution >= 4 is 32.7 Å². The minimum absolute atomic E-state index is 0.689. The van der Waals surface area contributed by atoms with Crippen molar-refractivity contribution in [3.8, 4) is 17.1 Å². The van der Waals surface area contributed by atoms with Crippen LogP contribution >= 0.6 is 15.9 Å². The normalized spacial score (nSPS) is 10.8. The van der Waals surface area contributed by atoms with Crippen molar-refractivity contribution < 1.29 is 4.74 Å². The van der Waals surface area contributed by atoms with E-state index in [4.69, 9.17) is 10.5 Å². The van der Waals surface area contributed by atoms with E-state index >= 15 is 0 Å². The Morgan fingerprint density at radius 1 is 1.21 bits per heavy atom. The Kier molecular flexibility index (Phi) is 2.91. The SMILES string of the molecule is COc1ccc2nc(-c3cc(Br)ccc3N)[nH]c2c1. The summed E-state index contributed by atoms with van der Waals surface area (Å²) in [6.07, 6.45) is 0. The fourth-order valence-electron chi connectivity index (χ4n) is 1.98. The first-order chi connectivity index (χ1) is 9.17. The topological polar surface area (TPSA) is 63.9 Å². The number of aromatic nitrogens is 2. The predicted molar refractivity (Wildman–Crippen MR) is 80.2 cm³/mol. The highest BCUT2D eigenvalue weighted by Gasteiger charge is 2.09. The molecule has 5 heteroatoms. The fraction of sp³-hybridized carbons (Fsp3) is 0.0714. The molecule has 0 saturated carbocycles. The van der Waals surface area contributed by atoms with Crippen LogP contribution in [0.3, 0.4) is 0 Å². The molecule has 0 amide bonds. The van der Waals surface area contributed by atoms with Crippen molar-refractivity contribution in [3.63, 3.8) is 0 Å². The van der Waals surface area contributed by atoms with Gasteiger partial charge in [0.05, 0.1) is 18.1 Å². The van der Waals surface area contributed by atoms with Crippen LogP contribution in [0.5, 0.6) is 5.75 Å². The highest BCUT2D eigenvalue weighted by molar-refractivity contribution is 9.10. The highest BCUT2D eigenvalue weighted by Crippen LogP contribution is 2.29. The van der Waals surface area contributed by atoms with E-state index in [0.29, 0.717) is 5.69 Å². The standard InChI is InChI=1S/C14H12BrN3O/c1-19-9-3-5-12-13(7-9)18-14(17-12)10-6-8(15)2-4-11(10)16/h2-7H,16H2,1H3,(H,17,18). The minimum Gasteiger partial charge on any atom is -0.497 e. The molecule has 0 fully saturated rings. The summed E-state index contributed by atoms with van der Waals surface area (Å²) in [6.45, 7) is 0. The Labute approximate surface area is 118 Å². The number of hydrogen-bond acceptors (Lipinski definition) is 3. The molecule has 1 heterocycles. The summed E-state index contributed by atoms with van der Waals surface area (Å²) in [6, 6.07) is 11.4. The molecule has 0 bridgehead atoms. The average molecular weight is 318 g/mol. The van der Waals surface area contributed by atoms with Gasteiger partial charge in [0, 0.05) is 21.8 Å². The molecule has 96 valence electrons. The third kappa shape index (κ3) is 2.17. The third-order valence-electron chi connectivity index (χ3n) is 2.96. The highest BCUT2D eigenvalue weighted by atomic mass is 79.9. The number of nitrogens with zero attached hydrogens (tertiary/aromatic N) is 1. The molecular weight excluding hydrogens is 306 g/mol. The maximum absolute atomic E-state index is 5.99. The molecule has 0 unspecified atom stereocenters. The van der Waals surface area contributed by atoms with Gasteiger partial charge in [-0.1, -0.05) is 15.9 Å². The zero-order valence-electron chi connectivity index (χ0n) is 10.3. The molecule has 0 spiro atoms. The summed E-state index contributed by atoms with van der Waals surface area (Å²) in [7, 11) is 1.64. The molecule has 19 heavy (non-hydrogen) atoms. The number of halogens is 1. The molecule has 3 aromatic rings. The van der Waals surface area contributed by atoms with Gasteiger partial charge in [-0.3, -0.25) is 0 Å². The summed E-state index contributed by atoms with van der Waals surface area (Å²) in [5.41, 5.74) is 9.37. The zero-order valence-corrected chi connectivity index (χ0v) is 11.9. The van der Waals surface area contributed by atoms with Crippen molar-refractivity contribution in [1.82, 2.24) is 9.97 Å². The second kappa shape index (κ2) is 4.59. The molecular formula is C14H12BrN3O. The number of ether oxygens (including phenoxy) is 1. The molecule has 2 aromatic carbocycles. The van der Waals surface area contributed by atoms with Gasteiger partial charge in [0.25, 0.3) is 0 Å². The number of imidazole rings is 1. The van der Waals surface area contributed by atoms with Gasteiger partial charge >= 0.3 is 0 Å². The minimum atomic E-state index is 0.689. The van der Waals surface area contributed by atoms with Crippen molar-refractivity contribution in [3.05, 3.63) is 40.9 Å². The average Bonchev–Trinajstić information content (AvgIpc) is 2.83. The van der Waals surface area contributed by atoms with E-state index in [1.807, 2.05) is 36.4 Å². The number of rotatable bonds is 2. The van der Waals surface area contributed by atoms with Gasteiger partial charge in [0.2, 0.25) is 0 Å². The van der Waals surface area contributed by atoms with Gasteiger partial charge in [0.1, 0.15) is 11.6 Å². The molecule has 0 saturated heterocycles. The van der Waals surface area contributed by atoms with Gasteiger partial charge in [-0.15, -0.1) is 0 Å². The van der Waals surface area contributed by atoms with Crippen LogP contribution in [0.1, 0.15) is 0 Å². The molecule has 3 N–H and O–H groups in total. The van der Waals surface area contributed by atoms with Crippen LogP contribution < -0.4 is 10.5 Å². The number of aromatic amines is 1. The smallest absolute Gasteiger partial charge is 0.140 e. The van der Waals surface area contributed by atoms with E-state index in [0.717, 1.165) is 32.6 Å². The molecule has 4 nitrogen and oxygen atoms in total. The number of nitrogen functional groups attached to an aromatic ring is 1. The van der Waals surface area contributed by atoms with Crippen LogP contribution in [0, 0.1) is 0 Å². The lowest BCUT2D eigenvalue weighted by molar-refractivity contribution is 0.415. The Morgan fingerprint density at radius 3 is 2.84 bits per heavy atom. The van der Waals surface area contributed by atoms with Gasteiger partial charge in [-0.2, -0.15) is 0 Å². The van der Waals surface area contributed by atoms with Crippen LogP contribution in [0.2, 0.25) is 0 Å². The Morgan fingerprint density at radius 2 is 2.05 bits per heavy atom. The molecule has 0 radical (unpaired) electrons. The molecule has 0 aliphatic rings. The number of benzene rings is 2. The lowest BCUT2D eigenvalue weighted by atomic mass is 10.2. The van der Waals surface area contributed by atoms with Crippen LogP contribution in [0.15, 0.2) is 40.9 Å². The van der Waals surface area contributed by atoms with E-state index in [2.05, 4.69) is 25.9 Å². The summed E-state index contributed by atoms with van der Waals surface area (Å²) < 4.78 is 6.17.